The molecule has 6 nitrogen and oxygen atoms in total. The van der Waals surface area contributed by atoms with E-state index in [-0.39, 0.29) is 24.4 Å². The zero-order valence-electron chi connectivity index (χ0n) is 13.9. The standard InChI is InChI=1S/C16H23N3O3S2.ClH/c20-16(18-13-9-11-5-6-12(10-13)17-11)14-3-1-7-19(14)24(21,22)15-4-2-8-23-15;/h2,4,8,11-14,17H,1,3,5-7,9-10H2,(H,18,20);1H. The van der Waals surface area contributed by atoms with Crippen LogP contribution in [0.5, 0.6) is 0 Å². The van der Waals surface area contributed by atoms with Crippen molar-refractivity contribution < 1.29 is 13.2 Å². The Morgan fingerprint density at radius 2 is 1.96 bits per heavy atom. The van der Waals surface area contributed by atoms with Crippen LogP contribution in [0.4, 0.5) is 0 Å². The molecule has 9 heteroatoms. The Morgan fingerprint density at radius 1 is 1.24 bits per heavy atom. The van der Waals surface area contributed by atoms with E-state index in [0.29, 0.717) is 29.3 Å². The molecule has 3 saturated heterocycles. The summed E-state index contributed by atoms with van der Waals surface area (Å²) in [5.41, 5.74) is 0. The molecule has 25 heavy (non-hydrogen) atoms. The number of sulfonamides is 1. The van der Waals surface area contributed by atoms with E-state index >= 15 is 0 Å². The number of carbonyl (C=O) groups is 1. The smallest absolute Gasteiger partial charge is 0.253 e. The van der Waals surface area contributed by atoms with Crippen molar-refractivity contribution >= 4 is 39.7 Å². The minimum atomic E-state index is -3.56. The molecule has 3 aliphatic heterocycles. The molecule has 1 aromatic heterocycles. The van der Waals surface area contributed by atoms with Crippen molar-refractivity contribution in [3.8, 4) is 0 Å². The Balaban J connectivity index is 0.00000182. The van der Waals surface area contributed by atoms with E-state index in [1.165, 1.54) is 28.5 Å². The van der Waals surface area contributed by atoms with Crippen LogP contribution in [-0.2, 0) is 14.8 Å². The van der Waals surface area contributed by atoms with Gasteiger partial charge in [0.2, 0.25) is 5.91 Å². The van der Waals surface area contributed by atoms with Gasteiger partial charge < -0.3 is 10.6 Å². The van der Waals surface area contributed by atoms with Gasteiger partial charge in [-0.25, -0.2) is 8.42 Å². The van der Waals surface area contributed by atoms with Gasteiger partial charge in [0, 0.05) is 24.7 Å². The molecule has 1 aromatic rings. The van der Waals surface area contributed by atoms with Crippen molar-refractivity contribution in [2.75, 3.05) is 6.54 Å². The van der Waals surface area contributed by atoms with Gasteiger partial charge >= 0.3 is 0 Å². The van der Waals surface area contributed by atoms with Gasteiger partial charge in [0.25, 0.3) is 10.0 Å². The highest BCUT2D eigenvalue weighted by Crippen LogP contribution is 2.30. The van der Waals surface area contributed by atoms with Crippen LogP contribution in [0.1, 0.15) is 38.5 Å². The summed E-state index contributed by atoms with van der Waals surface area (Å²) in [5.74, 6) is -0.126. The highest BCUT2D eigenvalue weighted by atomic mass is 35.5. The first-order valence-electron chi connectivity index (χ1n) is 8.66. The van der Waals surface area contributed by atoms with E-state index in [1.54, 1.807) is 17.5 Å². The number of halogens is 1. The number of thiophene rings is 1. The van der Waals surface area contributed by atoms with Crippen LogP contribution in [0, 0.1) is 0 Å². The van der Waals surface area contributed by atoms with Crippen molar-refractivity contribution in [2.24, 2.45) is 0 Å². The van der Waals surface area contributed by atoms with Crippen LogP contribution < -0.4 is 10.6 Å². The number of carbonyl (C=O) groups excluding carboxylic acids is 1. The van der Waals surface area contributed by atoms with Gasteiger partial charge in [-0.15, -0.1) is 23.7 Å². The zero-order chi connectivity index (χ0) is 16.7. The molecule has 4 rings (SSSR count). The van der Waals surface area contributed by atoms with E-state index < -0.39 is 16.1 Å². The number of fused-ring (bicyclic) bond motifs is 2. The van der Waals surface area contributed by atoms with E-state index in [2.05, 4.69) is 10.6 Å². The summed E-state index contributed by atoms with van der Waals surface area (Å²) < 4.78 is 27.2. The average Bonchev–Trinajstić information content (AvgIpc) is 3.27. The first-order valence-corrected chi connectivity index (χ1v) is 11.0. The SMILES string of the molecule is Cl.O=C(NC1CC2CCC(C1)N2)C1CCCN1S(=O)(=O)c1cccs1. The molecule has 140 valence electrons. The lowest BCUT2D eigenvalue weighted by Gasteiger charge is -2.31. The van der Waals surface area contributed by atoms with Crippen molar-refractivity contribution in [2.45, 2.75) is 66.9 Å². The fourth-order valence-corrected chi connectivity index (χ4v) is 7.06. The Labute approximate surface area is 158 Å². The molecule has 2 bridgehead atoms. The highest BCUT2D eigenvalue weighted by Gasteiger charge is 2.41. The third kappa shape index (κ3) is 3.73. The summed E-state index contributed by atoms with van der Waals surface area (Å²) in [6.45, 7) is 0.426. The lowest BCUT2D eigenvalue weighted by molar-refractivity contribution is -0.125. The number of rotatable bonds is 4. The molecule has 4 heterocycles. The summed E-state index contributed by atoms with van der Waals surface area (Å²) in [6, 6.07) is 3.95. The van der Waals surface area contributed by atoms with E-state index in [0.717, 1.165) is 19.3 Å². The maximum Gasteiger partial charge on any atom is 0.253 e. The maximum atomic E-state index is 12.8. The van der Waals surface area contributed by atoms with Crippen LogP contribution in [0.3, 0.4) is 0 Å². The molecule has 0 aliphatic carbocycles. The Kier molecular flexibility index (Phi) is 5.75. The van der Waals surface area contributed by atoms with E-state index in [1.807, 2.05) is 0 Å². The Bertz CT molecular complexity index is 698. The zero-order valence-corrected chi connectivity index (χ0v) is 16.3. The largest absolute Gasteiger partial charge is 0.352 e. The fourth-order valence-electron chi connectivity index (χ4n) is 4.29. The second-order valence-electron chi connectivity index (χ2n) is 7.02. The van der Waals surface area contributed by atoms with Gasteiger partial charge in [-0.1, -0.05) is 6.07 Å². The summed E-state index contributed by atoms with van der Waals surface area (Å²) >= 11 is 1.21. The Hall–Kier alpha value is -0.670. The van der Waals surface area contributed by atoms with Crippen LogP contribution in [0.25, 0.3) is 0 Å². The Morgan fingerprint density at radius 3 is 2.60 bits per heavy atom. The number of nitrogens with one attached hydrogen (secondary N) is 2. The molecule has 0 saturated carbocycles. The molecule has 2 N–H and O–H groups in total. The minimum Gasteiger partial charge on any atom is -0.352 e. The highest BCUT2D eigenvalue weighted by molar-refractivity contribution is 7.91. The molecular weight excluding hydrogens is 382 g/mol. The van der Waals surface area contributed by atoms with Gasteiger partial charge in [-0.3, -0.25) is 4.79 Å². The van der Waals surface area contributed by atoms with Crippen LogP contribution in [0.15, 0.2) is 21.7 Å². The van der Waals surface area contributed by atoms with Crippen LogP contribution >= 0.6 is 23.7 Å². The monoisotopic (exact) mass is 405 g/mol. The summed E-state index contributed by atoms with van der Waals surface area (Å²) in [5, 5.41) is 8.44. The molecular formula is C16H24ClN3O3S2. The van der Waals surface area contributed by atoms with Crippen LogP contribution in [-0.4, -0.2) is 49.3 Å². The molecule has 0 spiro atoms. The van der Waals surface area contributed by atoms with Crippen molar-refractivity contribution in [3.05, 3.63) is 17.5 Å². The second-order valence-corrected chi connectivity index (χ2v) is 10.1. The van der Waals surface area contributed by atoms with Gasteiger partial charge in [-0.2, -0.15) is 4.31 Å². The number of hydrogen-bond donors (Lipinski definition) is 2. The predicted octanol–water partition coefficient (Wildman–Crippen LogP) is 1.72. The summed E-state index contributed by atoms with van der Waals surface area (Å²) in [4.78, 5) is 12.7. The molecule has 3 fully saturated rings. The second kappa shape index (κ2) is 7.52. The van der Waals surface area contributed by atoms with Gasteiger partial charge in [0.15, 0.2) is 0 Å². The first-order chi connectivity index (χ1) is 11.5. The summed E-state index contributed by atoms with van der Waals surface area (Å²) in [7, 11) is -3.56. The molecule has 3 unspecified atom stereocenters. The van der Waals surface area contributed by atoms with E-state index in [9.17, 15) is 13.2 Å². The molecule has 1 amide bonds. The number of amides is 1. The number of hydrogen-bond acceptors (Lipinski definition) is 5. The molecule has 3 aliphatic rings. The summed E-state index contributed by atoms with van der Waals surface area (Å²) in [6.07, 6.45) is 5.60. The van der Waals surface area contributed by atoms with Crippen molar-refractivity contribution in [1.82, 2.24) is 14.9 Å². The van der Waals surface area contributed by atoms with Gasteiger partial charge in [-0.05, 0) is 50.0 Å². The van der Waals surface area contributed by atoms with Crippen molar-refractivity contribution in [1.29, 1.82) is 0 Å². The lowest BCUT2D eigenvalue weighted by Crippen LogP contribution is -2.53. The van der Waals surface area contributed by atoms with E-state index in [4.69, 9.17) is 0 Å². The van der Waals surface area contributed by atoms with Gasteiger partial charge in [0.05, 0.1) is 0 Å². The topological polar surface area (TPSA) is 78.5 Å². The third-order valence-electron chi connectivity index (χ3n) is 5.38. The maximum absolute atomic E-state index is 12.8. The predicted molar refractivity (Wildman–Crippen MR) is 99.6 cm³/mol. The normalized spacial score (nSPS) is 32.3. The average molecular weight is 406 g/mol. The fraction of sp³-hybridized carbons (Fsp3) is 0.688. The van der Waals surface area contributed by atoms with Crippen LogP contribution in [0.2, 0.25) is 0 Å². The molecule has 3 atom stereocenters. The number of nitrogens with zero attached hydrogens (tertiary/aromatic N) is 1. The first kappa shape index (κ1) is 19.1. The minimum absolute atomic E-state index is 0. The number of piperidine rings is 1. The molecule has 0 radical (unpaired) electrons. The quantitative estimate of drug-likeness (QED) is 0.799. The third-order valence-corrected chi connectivity index (χ3v) is 8.67. The van der Waals surface area contributed by atoms with Gasteiger partial charge in [0.1, 0.15) is 10.3 Å². The van der Waals surface area contributed by atoms with Crippen molar-refractivity contribution in [3.63, 3.8) is 0 Å². The lowest BCUT2D eigenvalue weighted by atomic mass is 9.99. The molecule has 0 aromatic carbocycles.